The molecule has 0 aromatic heterocycles. The van der Waals surface area contributed by atoms with Gasteiger partial charge in [-0.15, -0.1) is 0 Å². The molecule has 1 aliphatic heterocycles. The van der Waals surface area contributed by atoms with Gasteiger partial charge in [0.2, 0.25) is 0 Å². The van der Waals surface area contributed by atoms with Gasteiger partial charge in [0.25, 0.3) is 0 Å². The van der Waals surface area contributed by atoms with Crippen LogP contribution in [0, 0.1) is 5.92 Å². The molecule has 98 valence electrons. The number of fused-ring (bicyclic) bond motifs is 1. The van der Waals surface area contributed by atoms with Crippen LogP contribution in [-0.4, -0.2) is 30.6 Å². The summed E-state index contributed by atoms with van der Waals surface area (Å²) in [4.78, 5) is 2.64. The zero-order chi connectivity index (χ0) is 12.5. The van der Waals surface area contributed by atoms with Crippen molar-refractivity contribution in [2.75, 3.05) is 19.6 Å². The van der Waals surface area contributed by atoms with E-state index in [0.717, 1.165) is 5.92 Å². The molecular weight excluding hydrogens is 220 g/mol. The van der Waals surface area contributed by atoms with E-state index in [2.05, 4.69) is 36.1 Å². The van der Waals surface area contributed by atoms with Gasteiger partial charge >= 0.3 is 0 Å². The molecule has 3 atom stereocenters. The van der Waals surface area contributed by atoms with Crippen LogP contribution >= 0.6 is 0 Å². The summed E-state index contributed by atoms with van der Waals surface area (Å²) in [7, 11) is 0. The zero-order valence-electron chi connectivity index (χ0n) is 11.3. The Morgan fingerprint density at radius 1 is 1.39 bits per heavy atom. The highest BCUT2D eigenvalue weighted by molar-refractivity contribution is 5.40. The minimum absolute atomic E-state index is 0.349. The average Bonchev–Trinajstić information content (AvgIpc) is 2.36. The molecule has 2 heteroatoms. The first-order chi connectivity index (χ1) is 8.74. The second-order valence-electron chi connectivity index (χ2n) is 6.12. The maximum absolute atomic E-state index is 6.06. The third kappa shape index (κ3) is 2.32. The van der Waals surface area contributed by atoms with Crippen LogP contribution in [0.3, 0.4) is 0 Å². The van der Waals surface area contributed by atoms with E-state index in [-0.39, 0.29) is 0 Å². The van der Waals surface area contributed by atoms with Gasteiger partial charge in [-0.1, -0.05) is 24.3 Å². The van der Waals surface area contributed by atoms with Crippen molar-refractivity contribution in [3.63, 3.8) is 0 Å². The summed E-state index contributed by atoms with van der Waals surface area (Å²) in [6.45, 7) is 5.87. The maximum atomic E-state index is 6.06. The Morgan fingerprint density at radius 2 is 2.22 bits per heavy atom. The Hall–Kier alpha value is -0.860. The molecule has 1 aromatic rings. The van der Waals surface area contributed by atoms with E-state index < -0.39 is 0 Å². The van der Waals surface area contributed by atoms with E-state index >= 15 is 0 Å². The smallest absolute Gasteiger partial charge is 0.00537 e. The highest BCUT2D eigenvalue weighted by Gasteiger charge is 2.30. The molecule has 2 N–H and O–H groups in total. The Morgan fingerprint density at radius 3 is 3.00 bits per heavy atom. The summed E-state index contributed by atoms with van der Waals surface area (Å²) in [5.41, 5.74) is 9.20. The van der Waals surface area contributed by atoms with Crippen molar-refractivity contribution in [3.05, 3.63) is 35.4 Å². The van der Waals surface area contributed by atoms with Gasteiger partial charge in [-0.05, 0) is 49.8 Å². The van der Waals surface area contributed by atoms with E-state index in [4.69, 9.17) is 5.73 Å². The quantitative estimate of drug-likeness (QED) is 0.884. The van der Waals surface area contributed by atoms with Gasteiger partial charge in [-0.3, -0.25) is 0 Å². The Bertz CT molecular complexity index is 413. The summed E-state index contributed by atoms with van der Waals surface area (Å²) >= 11 is 0. The number of benzene rings is 1. The molecule has 3 rings (SSSR count). The van der Waals surface area contributed by atoms with Crippen molar-refractivity contribution in [2.24, 2.45) is 11.7 Å². The molecule has 0 saturated carbocycles. The molecule has 2 aliphatic rings. The fraction of sp³-hybridized carbons (Fsp3) is 0.625. The lowest BCUT2D eigenvalue weighted by Crippen LogP contribution is -2.44. The molecule has 1 aliphatic carbocycles. The number of piperidine rings is 1. The molecule has 0 spiro atoms. The van der Waals surface area contributed by atoms with Crippen LogP contribution in [0.2, 0.25) is 0 Å². The van der Waals surface area contributed by atoms with E-state index in [0.29, 0.717) is 12.0 Å². The van der Waals surface area contributed by atoms with Gasteiger partial charge in [0.15, 0.2) is 0 Å². The predicted molar refractivity (Wildman–Crippen MR) is 75.7 cm³/mol. The Labute approximate surface area is 110 Å². The van der Waals surface area contributed by atoms with E-state index in [1.807, 2.05) is 0 Å². The Kier molecular flexibility index (Phi) is 3.40. The topological polar surface area (TPSA) is 29.3 Å². The SMILES string of the molecule is CC(N)C1CCCN(CC2Cc3ccccc32)C1. The van der Waals surface area contributed by atoms with E-state index in [1.165, 1.54) is 38.9 Å². The summed E-state index contributed by atoms with van der Waals surface area (Å²) in [6.07, 6.45) is 3.91. The first kappa shape index (κ1) is 12.2. The number of nitrogens with two attached hydrogens (primary N) is 1. The normalized spacial score (nSPS) is 29.4. The van der Waals surface area contributed by atoms with Gasteiger partial charge in [0.1, 0.15) is 0 Å². The van der Waals surface area contributed by atoms with Crippen LogP contribution in [0.5, 0.6) is 0 Å². The molecule has 1 heterocycles. The minimum Gasteiger partial charge on any atom is -0.328 e. The van der Waals surface area contributed by atoms with E-state index in [9.17, 15) is 0 Å². The van der Waals surface area contributed by atoms with Crippen LogP contribution in [0.1, 0.15) is 36.8 Å². The highest BCUT2D eigenvalue weighted by atomic mass is 15.1. The molecule has 0 amide bonds. The molecule has 0 radical (unpaired) electrons. The first-order valence-corrected chi connectivity index (χ1v) is 7.30. The lowest BCUT2D eigenvalue weighted by molar-refractivity contribution is 0.149. The lowest BCUT2D eigenvalue weighted by Gasteiger charge is -2.39. The summed E-state index contributed by atoms with van der Waals surface area (Å²) in [5, 5.41) is 0. The van der Waals surface area contributed by atoms with Crippen LogP contribution in [-0.2, 0) is 6.42 Å². The third-order valence-corrected chi connectivity index (χ3v) is 4.73. The van der Waals surface area contributed by atoms with Crippen LogP contribution in [0.4, 0.5) is 0 Å². The van der Waals surface area contributed by atoms with Crippen LogP contribution in [0.15, 0.2) is 24.3 Å². The summed E-state index contributed by atoms with van der Waals surface area (Å²) in [6, 6.07) is 9.25. The number of rotatable bonds is 3. The average molecular weight is 244 g/mol. The summed E-state index contributed by atoms with van der Waals surface area (Å²) in [5.74, 6) is 1.47. The monoisotopic (exact) mass is 244 g/mol. The minimum atomic E-state index is 0.349. The van der Waals surface area contributed by atoms with Crippen molar-refractivity contribution in [2.45, 2.75) is 38.1 Å². The lowest BCUT2D eigenvalue weighted by atomic mass is 9.77. The molecular formula is C16H24N2. The molecule has 0 bridgehead atoms. The van der Waals surface area contributed by atoms with Gasteiger partial charge < -0.3 is 10.6 Å². The molecule has 3 unspecified atom stereocenters. The van der Waals surface area contributed by atoms with Crippen molar-refractivity contribution in [1.82, 2.24) is 4.90 Å². The largest absolute Gasteiger partial charge is 0.328 e. The first-order valence-electron chi connectivity index (χ1n) is 7.30. The van der Waals surface area contributed by atoms with Crippen LogP contribution in [0.25, 0.3) is 0 Å². The maximum Gasteiger partial charge on any atom is 0.00537 e. The second-order valence-corrected chi connectivity index (χ2v) is 6.12. The number of hydrogen-bond donors (Lipinski definition) is 1. The second kappa shape index (κ2) is 5.02. The van der Waals surface area contributed by atoms with Crippen molar-refractivity contribution < 1.29 is 0 Å². The highest BCUT2D eigenvalue weighted by Crippen LogP contribution is 2.36. The molecule has 1 fully saturated rings. The third-order valence-electron chi connectivity index (χ3n) is 4.73. The predicted octanol–water partition coefficient (Wildman–Crippen LogP) is 2.39. The van der Waals surface area contributed by atoms with Gasteiger partial charge in [0.05, 0.1) is 0 Å². The molecule has 1 saturated heterocycles. The number of nitrogens with zero attached hydrogens (tertiary/aromatic N) is 1. The van der Waals surface area contributed by atoms with Crippen molar-refractivity contribution in [3.8, 4) is 0 Å². The van der Waals surface area contributed by atoms with Crippen LogP contribution < -0.4 is 5.73 Å². The van der Waals surface area contributed by atoms with Crippen molar-refractivity contribution in [1.29, 1.82) is 0 Å². The standard InChI is InChI=1S/C16H24N2/c1-12(17)14-6-4-8-18(10-14)11-15-9-13-5-2-3-7-16(13)15/h2-3,5,7,12,14-15H,4,6,8-11,17H2,1H3. The van der Waals surface area contributed by atoms with E-state index in [1.54, 1.807) is 11.1 Å². The molecule has 18 heavy (non-hydrogen) atoms. The van der Waals surface area contributed by atoms with Gasteiger partial charge in [0, 0.05) is 25.0 Å². The fourth-order valence-corrected chi connectivity index (χ4v) is 3.52. The number of likely N-dealkylation sites (tertiary alicyclic amines) is 1. The van der Waals surface area contributed by atoms with Gasteiger partial charge in [-0.2, -0.15) is 0 Å². The molecule has 2 nitrogen and oxygen atoms in total. The molecule has 1 aromatic carbocycles. The van der Waals surface area contributed by atoms with Gasteiger partial charge in [-0.25, -0.2) is 0 Å². The number of hydrogen-bond acceptors (Lipinski definition) is 2. The fourth-order valence-electron chi connectivity index (χ4n) is 3.52. The summed E-state index contributed by atoms with van der Waals surface area (Å²) < 4.78 is 0. The van der Waals surface area contributed by atoms with Crippen molar-refractivity contribution >= 4 is 0 Å². The Balaban J connectivity index is 1.58. The zero-order valence-corrected chi connectivity index (χ0v) is 11.3.